The highest BCUT2D eigenvalue weighted by atomic mass is 35.5. The number of aliphatic carboxylic acids is 1. The van der Waals surface area contributed by atoms with Gasteiger partial charge >= 0.3 is 5.97 Å². The van der Waals surface area contributed by atoms with Crippen molar-refractivity contribution >= 4 is 23.4 Å². The van der Waals surface area contributed by atoms with Gasteiger partial charge in [0.05, 0.1) is 6.20 Å². The van der Waals surface area contributed by atoms with Crippen molar-refractivity contribution in [3.63, 3.8) is 0 Å². The average molecular weight is 257 g/mol. The van der Waals surface area contributed by atoms with Crippen molar-refractivity contribution in [2.24, 2.45) is 0 Å². The molecule has 0 amide bonds. The lowest BCUT2D eigenvalue weighted by atomic mass is 10.2. The number of hydrogen-bond acceptors (Lipinski definition) is 5. The fourth-order valence-corrected chi connectivity index (χ4v) is 1.93. The predicted octanol–water partition coefficient (Wildman–Crippen LogP) is 0.665. The van der Waals surface area contributed by atoms with E-state index in [4.69, 9.17) is 16.7 Å². The number of aryl methyl sites for hydroxylation is 1. The zero-order valence-corrected chi connectivity index (χ0v) is 10.0. The van der Waals surface area contributed by atoms with E-state index in [1.165, 1.54) is 6.20 Å². The Bertz CT molecular complexity index is 440. The average Bonchev–Trinajstić information content (AvgIpc) is 2.72. The van der Waals surface area contributed by atoms with E-state index < -0.39 is 12.0 Å². The van der Waals surface area contributed by atoms with Crippen LogP contribution < -0.4 is 10.6 Å². The number of rotatable bonds is 3. The lowest BCUT2D eigenvalue weighted by Gasteiger charge is -2.13. The van der Waals surface area contributed by atoms with Gasteiger partial charge in [-0.25, -0.2) is 9.97 Å². The summed E-state index contributed by atoms with van der Waals surface area (Å²) in [7, 11) is 0. The molecule has 0 radical (unpaired) electrons. The van der Waals surface area contributed by atoms with Gasteiger partial charge in [0.15, 0.2) is 0 Å². The van der Waals surface area contributed by atoms with Gasteiger partial charge in [-0.15, -0.1) is 0 Å². The van der Waals surface area contributed by atoms with Gasteiger partial charge in [0, 0.05) is 12.6 Å². The van der Waals surface area contributed by atoms with Gasteiger partial charge < -0.3 is 15.7 Å². The molecule has 1 aromatic rings. The second-order valence-corrected chi connectivity index (χ2v) is 4.40. The molecule has 1 saturated heterocycles. The van der Waals surface area contributed by atoms with Crippen LogP contribution in [0.4, 0.5) is 5.82 Å². The van der Waals surface area contributed by atoms with Crippen LogP contribution >= 0.6 is 11.6 Å². The Balaban J connectivity index is 2.02. The molecule has 3 N–H and O–H groups in total. The molecule has 0 aliphatic carbocycles. The maximum atomic E-state index is 10.8. The molecule has 17 heavy (non-hydrogen) atoms. The van der Waals surface area contributed by atoms with Crippen molar-refractivity contribution in [3.8, 4) is 0 Å². The lowest BCUT2D eigenvalue weighted by Crippen LogP contribution is -2.30. The highest BCUT2D eigenvalue weighted by Gasteiger charge is 2.29. The van der Waals surface area contributed by atoms with Crippen LogP contribution in [-0.4, -0.2) is 39.7 Å². The number of hydrogen-bond donors (Lipinski definition) is 3. The second kappa shape index (κ2) is 4.85. The van der Waals surface area contributed by atoms with E-state index in [1.807, 2.05) is 0 Å². The molecule has 0 spiro atoms. The molecule has 2 heterocycles. The standard InChI is InChI=1S/C10H13ClN4O2/c1-5-12-4-7(11)9(14-5)15-6-2-8(10(16)17)13-3-6/h4,6,8,13H,2-3H2,1H3,(H,16,17)(H,12,14,15)/t6-,8-/m0/s1. The van der Waals surface area contributed by atoms with E-state index in [0.717, 1.165) is 0 Å². The summed E-state index contributed by atoms with van der Waals surface area (Å²) in [5.41, 5.74) is 0. The first-order valence-corrected chi connectivity index (χ1v) is 5.66. The number of carboxylic acid groups (broad SMARTS) is 1. The van der Waals surface area contributed by atoms with Gasteiger partial charge in [0.2, 0.25) is 0 Å². The molecule has 2 atom stereocenters. The van der Waals surface area contributed by atoms with Crippen LogP contribution in [-0.2, 0) is 4.79 Å². The molecule has 6 nitrogen and oxygen atoms in total. The van der Waals surface area contributed by atoms with E-state index in [9.17, 15) is 4.79 Å². The molecule has 1 aromatic heterocycles. The summed E-state index contributed by atoms with van der Waals surface area (Å²) >= 11 is 5.95. The maximum Gasteiger partial charge on any atom is 0.320 e. The van der Waals surface area contributed by atoms with Gasteiger partial charge in [0.1, 0.15) is 22.7 Å². The van der Waals surface area contributed by atoms with Crippen LogP contribution in [0.2, 0.25) is 5.02 Å². The summed E-state index contributed by atoms with van der Waals surface area (Å²) < 4.78 is 0. The quantitative estimate of drug-likeness (QED) is 0.737. The fourth-order valence-electron chi connectivity index (χ4n) is 1.78. The summed E-state index contributed by atoms with van der Waals surface area (Å²) in [6, 6.07) is -0.489. The minimum Gasteiger partial charge on any atom is -0.480 e. The second-order valence-electron chi connectivity index (χ2n) is 3.99. The minimum atomic E-state index is -0.834. The predicted molar refractivity (Wildman–Crippen MR) is 63.2 cm³/mol. The summed E-state index contributed by atoms with van der Waals surface area (Å²) in [6.07, 6.45) is 2.04. The normalized spacial score (nSPS) is 23.6. The van der Waals surface area contributed by atoms with E-state index in [-0.39, 0.29) is 6.04 Å². The number of carbonyl (C=O) groups is 1. The molecule has 0 aromatic carbocycles. The van der Waals surface area contributed by atoms with Crippen molar-refractivity contribution in [3.05, 3.63) is 17.0 Å². The smallest absolute Gasteiger partial charge is 0.320 e. The molecular formula is C10H13ClN4O2. The SMILES string of the molecule is Cc1ncc(Cl)c(N[C@@H]2CN[C@H](C(=O)O)C2)n1. The molecule has 1 aliphatic heterocycles. The molecule has 0 unspecified atom stereocenters. The fraction of sp³-hybridized carbons (Fsp3) is 0.500. The third kappa shape index (κ3) is 2.83. The van der Waals surface area contributed by atoms with Crippen molar-refractivity contribution in [1.29, 1.82) is 0 Å². The molecule has 92 valence electrons. The molecule has 1 aliphatic rings. The zero-order chi connectivity index (χ0) is 12.4. The Kier molecular flexibility index (Phi) is 3.44. The van der Waals surface area contributed by atoms with E-state index in [0.29, 0.717) is 29.6 Å². The van der Waals surface area contributed by atoms with E-state index in [1.54, 1.807) is 6.92 Å². The van der Waals surface area contributed by atoms with Crippen LogP contribution in [0, 0.1) is 6.92 Å². The first-order valence-electron chi connectivity index (χ1n) is 5.28. The minimum absolute atomic E-state index is 0.0166. The van der Waals surface area contributed by atoms with Crippen LogP contribution in [0.5, 0.6) is 0 Å². The van der Waals surface area contributed by atoms with Gasteiger partial charge in [-0.05, 0) is 13.3 Å². The van der Waals surface area contributed by atoms with E-state index >= 15 is 0 Å². The Labute approximate surface area is 103 Å². The highest BCUT2D eigenvalue weighted by molar-refractivity contribution is 6.32. The Hall–Kier alpha value is -1.40. The van der Waals surface area contributed by atoms with Crippen LogP contribution in [0.15, 0.2) is 6.20 Å². The van der Waals surface area contributed by atoms with Gasteiger partial charge in [-0.3, -0.25) is 4.79 Å². The Morgan fingerprint density at radius 3 is 3.12 bits per heavy atom. The molecule has 0 saturated carbocycles. The first kappa shape index (κ1) is 12.1. The summed E-state index contributed by atoms with van der Waals surface area (Å²) in [4.78, 5) is 18.9. The topological polar surface area (TPSA) is 87.1 Å². The number of anilines is 1. The van der Waals surface area contributed by atoms with Crippen LogP contribution in [0.3, 0.4) is 0 Å². The number of nitrogens with one attached hydrogen (secondary N) is 2. The molecule has 1 fully saturated rings. The number of nitrogens with zero attached hydrogens (tertiary/aromatic N) is 2. The third-order valence-electron chi connectivity index (χ3n) is 2.63. The largest absolute Gasteiger partial charge is 0.480 e. The number of halogens is 1. The first-order chi connectivity index (χ1) is 8.06. The lowest BCUT2D eigenvalue weighted by molar-refractivity contribution is -0.139. The van der Waals surface area contributed by atoms with Crippen molar-refractivity contribution in [1.82, 2.24) is 15.3 Å². The van der Waals surface area contributed by atoms with E-state index in [2.05, 4.69) is 20.6 Å². The molecule has 2 rings (SSSR count). The van der Waals surface area contributed by atoms with Gasteiger partial charge in [-0.1, -0.05) is 11.6 Å². The van der Waals surface area contributed by atoms with Crippen molar-refractivity contribution < 1.29 is 9.90 Å². The Morgan fingerprint density at radius 1 is 1.71 bits per heavy atom. The van der Waals surface area contributed by atoms with Gasteiger partial charge in [-0.2, -0.15) is 0 Å². The van der Waals surface area contributed by atoms with Gasteiger partial charge in [0.25, 0.3) is 0 Å². The van der Waals surface area contributed by atoms with Crippen molar-refractivity contribution in [2.75, 3.05) is 11.9 Å². The highest BCUT2D eigenvalue weighted by Crippen LogP contribution is 2.20. The third-order valence-corrected chi connectivity index (χ3v) is 2.91. The maximum absolute atomic E-state index is 10.8. The summed E-state index contributed by atoms with van der Waals surface area (Å²) in [6.45, 7) is 2.35. The number of carboxylic acids is 1. The van der Waals surface area contributed by atoms with Crippen molar-refractivity contribution in [2.45, 2.75) is 25.4 Å². The van der Waals surface area contributed by atoms with Crippen LogP contribution in [0.25, 0.3) is 0 Å². The molecule has 0 bridgehead atoms. The summed E-state index contributed by atoms with van der Waals surface area (Å²) in [5, 5.41) is 15.3. The zero-order valence-electron chi connectivity index (χ0n) is 9.27. The van der Waals surface area contributed by atoms with Crippen LogP contribution in [0.1, 0.15) is 12.2 Å². The Morgan fingerprint density at radius 2 is 2.47 bits per heavy atom. The monoisotopic (exact) mass is 256 g/mol. The number of aromatic nitrogens is 2. The molecular weight excluding hydrogens is 244 g/mol. The molecule has 7 heteroatoms. The summed E-state index contributed by atoms with van der Waals surface area (Å²) in [5.74, 6) is 0.342.